The molecule has 0 aliphatic carbocycles. The van der Waals surface area contributed by atoms with E-state index in [9.17, 15) is 0 Å². The number of aromatic nitrogens is 2. The van der Waals surface area contributed by atoms with Crippen molar-refractivity contribution in [2.24, 2.45) is 0 Å². The van der Waals surface area contributed by atoms with Crippen LogP contribution >= 0.6 is 32.0 Å². The van der Waals surface area contributed by atoms with E-state index in [1.165, 1.54) is 11.3 Å². The Kier molecular flexibility index (Phi) is 2.81. The minimum absolute atomic E-state index is 0.878. The van der Waals surface area contributed by atoms with E-state index in [1.807, 2.05) is 6.92 Å². The number of fused-ring (bicyclic) bond motifs is 1. The molecule has 0 spiro atoms. The number of nitrogens with zero attached hydrogens (tertiary/aromatic N) is 3. The highest BCUT2D eigenvalue weighted by molar-refractivity contribution is 14.1. The molecule has 1 aromatic rings. The van der Waals surface area contributed by atoms with Gasteiger partial charge in [0.25, 0.3) is 0 Å². The van der Waals surface area contributed by atoms with Crippen molar-refractivity contribution in [1.82, 2.24) is 14.6 Å². The molecule has 0 saturated carbocycles. The molecule has 1 unspecified atom stereocenters. The zero-order chi connectivity index (χ0) is 9.42. The molecule has 2 rings (SSSR count). The van der Waals surface area contributed by atoms with Gasteiger partial charge in [0.1, 0.15) is 9.53 Å². The van der Waals surface area contributed by atoms with E-state index in [4.69, 9.17) is 0 Å². The van der Waals surface area contributed by atoms with Gasteiger partial charge in [-0.2, -0.15) is 0 Å². The largest absolute Gasteiger partial charge is 0.281 e. The molecule has 0 saturated heterocycles. The minimum Gasteiger partial charge on any atom is -0.281 e. The van der Waals surface area contributed by atoms with Crippen LogP contribution in [0.1, 0.15) is 17.1 Å². The summed E-state index contributed by atoms with van der Waals surface area (Å²) in [7, 11) is 2.73. The highest BCUT2D eigenvalue weighted by Gasteiger charge is 2.17. The van der Waals surface area contributed by atoms with Gasteiger partial charge in [0.2, 0.25) is 0 Å². The van der Waals surface area contributed by atoms with E-state index in [-0.39, 0.29) is 0 Å². The summed E-state index contributed by atoms with van der Waals surface area (Å²) in [6.45, 7) is 3.96. The monoisotopic (exact) mass is 307 g/mol. The third-order valence-electron chi connectivity index (χ3n) is 2.16. The average Bonchev–Trinajstić information content (AvgIpc) is 2.02. The molecule has 0 N–H and O–H groups in total. The van der Waals surface area contributed by atoms with Crippen LogP contribution in [-0.2, 0) is 13.0 Å². The third-order valence-corrected chi connectivity index (χ3v) is 3.49. The second-order valence-electron chi connectivity index (χ2n) is 3.21. The Morgan fingerprint density at radius 2 is 2.23 bits per heavy atom. The Balaban J connectivity index is 2.47. The summed E-state index contributed by atoms with van der Waals surface area (Å²) < 4.78 is 3.34. The van der Waals surface area contributed by atoms with Crippen LogP contribution in [0.4, 0.5) is 0 Å². The normalized spacial score (nSPS) is 17.2. The van der Waals surface area contributed by atoms with Crippen molar-refractivity contribution in [3.63, 3.8) is 0 Å². The fourth-order valence-corrected chi connectivity index (χ4v) is 2.75. The van der Waals surface area contributed by atoms with Gasteiger partial charge in [-0.3, -0.25) is 4.67 Å². The molecule has 0 aromatic carbocycles. The summed E-state index contributed by atoms with van der Waals surface area (Å²) in [5, 5.41) is 0. The highest BCUT2D eigenvalue weighted by Crippen LogP contribution is 2.22. The quantitative estimate of drug-likeness (QED) is 0.414. The van der Waals surface area contributed by atoms with Crippen molar-refractivity contribution in [2.75, 3.05) is 6.54 Å². The van der Waals surface area contributed by atoms with Crippen LogP contribution in [0.25, 0.3) is 0 Å². The maximum absolute atomic E-state index is 4.45. The van der Waals surface area contributed by atoms with Crippen molar-refractivity contribution in [1.29, 1.82) is 0 Å². The van der Waals surface area contributed by atoms with Crippen molar-refractivity contribution in [2.45, 2.75) is 19.9 Å². The molecule has 3 nitrogen and oxygen atoms in total. The van der Waals surface area contributed by atoms with Crippen molar-refractivity contribution in [3.8, 4) is 0 Å². The van der Waals surface area contributed by atoms with Gasteiger partial charge in [0, 0.05) is 18.7 Å². The number of aryl methyl sites for hydroxylation is 1. The number of rotatable bonds is 0. The van der Waals surface area contributed by atoms with Gasteiger partial charge < -0.3 is 0 Å². The molecule has 1 aromatic heterocycles. The fourth-order valence-electron chi connectivity index (χ4n) is 1.52. The van der Waals surface area contributed by atoms with Crippen LogP contribution in [0.3, 0.4) is 0 Å². The lowest BCUT2D eigenvalue weighted by molar-refractivity contribution is 0.431. The number of halogens is 1. The summed E-state index contributed by atoms with van der Waals surface area (Å²) in [4.78, 5) is 8.82. The summed E-state index contributed by atoms with van der Waals surface area (Å²) >= 11 is 2.30. The molecule has 70 valence electrons. The maximum atomic E-state index is 4.45. The molecule has 0 radical (unpaired) electrons. The molecule has 0 bridgehead atoms. The van der Waals surface area contributed by atoms with Crippen LogP contribution in [0.15, 0.2) is 0 Å². The average molecular weight is 307 g/mol. The Morgan fingerprint density at radius 3 is 3.00 bits per heavy atom. The van der Waals surface area contributed by atoms with Gasteiger partial charge >= 0.3 is 0 Å². The predicted molar refractivity (Wildman–Crippen MR) is 63.3 cm³/mol. The van der Waals surface area contributed by atoms with Crippen molar-refractivity contribution in [3.05, 3.63) is 20.8 Å². The summed E-state index contributed by atoms with van der Waals surface area (Å²) in [6, 6.07) is 0. The molecule has 1 aliphatic rings. The van der Waals surface area contributed by atoms with Crippen LogP contribution in [0.2, 0.25) is 0 Å². The summed E-state index contributed by atoms with van der Waals surface area (Å²) in [6.07, 6.45) is 1.07. The van der Waals surface area contributed by atoms with Crippen LogP contribution in [0, 0.1) is 10.6 Å². The Hall–Kier alpha value is 0.200. The van der Waals surface area contributed by atoms with Crippen LogP contribution in [-0.4, -0.2) is 21.2 Å². The second kappa shape index (κ2) is 3.75. The minimum atomic E-state index is 0.878. The van der Waals surface area contributed by atoms with Crippen LogP contribution in [0.5, 0.6) is 0 Å². The van der Waals surface area contributed by atoms with E-state index >= 15 is 0 Å². The molecule has 13 heavy (non-hydrogen) atoms. The molecule has 0 amide bonds. The zero-order valence-corrected chi connectivity index (χ0v) is 10.7. The van der Waals surface area contributed by atoms with Crippen LogP contribution < -0.4 is 0 Å². The lowest BCUT2D eigenvalue weighted by Gasteiger charge is -2.24. The zero-order valence-electron chi connectivity index (χ0n) is 7.42. The topological polar surface area (TPSA) is 29.0 Å². The number of hydrogen-bond donors (Lipinski definition) is 0. The smallest absolute Gasteiger partial charge is 0.126 e. The maximum Gasteiger partial charge on any atom is 0.126 e. The Labute approximate surface area is 93.7 Å². The molecule has 2 heterocycles. The first-order valence-electron chi connectivity index (χ1n) is 4.18. The predicted octanol–water partition coefficient (Wildman–Crippen LogP) is 1.54. The first-order valence-corrected chi connectivity index (χ1v) is 5.78. The third kappa shape index (κ3) is 2.00. The standard InChI is InChI=1S/C8H11IN3P/c1-5-10-7-4-12(13)3-2-6(7)8(9)11-5/h2-4,13H2,1H3. The molecule has 0 fully saturated rings. The van der Waals surface area contributed by atoms with E-state index in [1.54, 1.807) is 0 Å². The van der Waals surface area contributed by atoms with Gasteiger partial charge in [0.15, 0.2) is 0 Å². The fraction of sp³-hybridized carbons (Fsp3) is 0.500. The van der Waals surface area contributed by atoms with E-state index in [0.717, 1.165) is 29.0 Å². The van der Waals surface area contributed by atoms with Gasteiger partial charge in [-0.25, -0.2) is 9.97 Å². The molecule has 1 aliphatic heterocycles. The summed E-state index contributed by atoms with van der Waals surface area (Å²) in [5.41, 5.74) is 2.53. The van der Waals surface area contributed by atoms with Gasteiger partial charge in [-0.15, -0.1) is 0 Å². The molecular formula is C8H11IN3P. The Bertz CT molecular complexity index is 342. The SMILES string of the molecule is Cc1nc(I)c2c(n1)CN(P)CC2. The molecular weight excluding hydrogens is 296 g/mol. The van der Waals surface area contributed by atoms with E-state index < -0.39 is 0 Å². The molecule has 1 atom stereocenters. The lowest BCUT2D eigenvalue weighted by atomic mass is 10.1. The van der Waals surface area contributed by atoms with E-state index in [0.29, 0.717) is 0 Å². The highest BCUT2D eigenvalue weighted by atomic mass is 127. The first kappa shape index (κ1) is 9.74. The lowest BCUT2D eigenvalue weighted by Crippen LogP contribution is -2.24. The first-order chi connectivity index (χ1) is 6.16. The number of hydrogen-bond acceptors (Lipinski definition) is 3. The van der Waals surface area contributed by atoms with Gasteiger partial charge in [-0.1, -0.05) is 9.39 Å². The molecule has 5 heteroatoms. The second-order valence-corrected chi connectivity index (χ2v) is 4.96. The Morgan fingerprint density at radius 1 is 1.46 bits per heavy atom. The van der Waals surface area contributed by atoms with Gasteiger partial charge in [0.05, 0.1) is 5.69 Å². The van der Waals surface area contributed by atoms with Gasteiger partial charge in [-0.05, 0) is 35.9 Å². The van der Waals surface area contributed by atoms with E-state index in [2.05, 4.69) is 46.6 Å². The van der Waals surface area contributed by atoms with Crippen molar-refractivity contribution >= 4 is 32.0 Å². The summed E-state index contributed by atoms with van der Waals surface area (Å²) in [5.74, 6) is 0.878. The van der Waals surface area contributed by atoms with Crippen molar-refractivity contribution < 1.29 is 0 Å².